The summed E-state index contributed by atoms with van der Waals surface area (Å²) in [7, 11) is 4.32. The van der Waals surface area contributed by atoms with Gasteiger partial charge in [-0.1, -0.05) is 29.8 Å². The Morgan fingerprint density at radius 2 is 1.71 bits per heavy atom. The van der Waals surface area contributed by atoms with Crippen molar-refractivity contribution in [2.24, 2.45) is 0 Å². The molecule has 1 saturated heterocycles. The third-order valence-corrected chi connectivity index (χ3v) is 3.73. The Bertz CT molecular complexity index is 350. The van der Waals surface area contributed by atoms with Crippen LogP contribution in [0.15, 0.2) is 24.3 Å². The molecular weight excluding hydrogens is 210 g/mol. The summed E-state index contributed by atoms with van der Waals surface area (Å²) in [4.78, 5) is 2.30. The summed E-state index contributed by atoms with van der Waals surface area (Å²) in [5, 5.41) is 0. The van der Waals surface area contributed by atoms with E-state index in [0.29, 0.717) is 0 Å². The Balaban J connectivity index is 2.28. The first kappa shape index (κ1) is 12.6. The lowest BCUT2D eigenvalue weighted by molar-refractivity contribution is 0.0401. The summed E-state index contributed by atoms with van der Waals surface area (Å²) in [5.74, 6) is 0. The van der Waals surface area contributed by atoms with Crippen molar-refractivity contribution in [2.45, 2.75) is 25.2 Å². The molecule has 0 amide bonds. The molecule has 1 fully saturated rings. The molecule has 0 N–H and O–H groups in total. The number of rotatable bonds is 3. The zero-order chi connectivity index (χ0) is 12.3. The topological polar surface area (TPSA) is 12.5 Å². The van der Waals surface area contributed by atoms with E-state index in [9.17, 15) is 0 Å². The predicted molar refractivity (Wildman–Crippen MR) is 71.5 cm³/mol. The fourth-order valence-electron chi connectivity index (χ4n) is 2.81. The monoisotopic (exact) mass is 233 g/mol. The van der Waals surface area contributed by atoms with Gasteiger partial charge in [0.25, 0.3) is 0 Å². The van der Waals surface area contributed by atoms with Crippen molar-refractivity contribution in [3.63, 3.8) is 0 Å². The SMILES string of the molecule is Cc1ccc(C2(CN(C)C)CCOCC2)cc1. The van der Waals surface area contributed by atoms with Gasteiger partial charge in [0, 0.05) is 25.2 Å². The number of likely N-dealkylation sites (N-methyl/N-ethyl adjacent to an activating group) is 1. The van der Waals surface area contributed by atoms with Crippen LogP contribution in [0.2, 0.25) is 0 Å². The van der Waals surface area contributed by atoms with Crippen LogP contribution in [0.25, 0.3) is 0 Å². The Morgan fingerprint density at radius 3 is 2.24 bits per heavy atom. The van der Waals surface area contributed by atoms with E-state index in [4.69, 9.17) is 4.74 Å². The number of benzene rings is 1. The molecule has 0 saturated carbocycles. The normalized spacial score (nSPS) is 19.5. The third-order valence-electron chi connectivity index (χ3n) is 3.73. The van der Waals surface area contributed by atoms with Crippen LogP contribution in [0.5, 0.6) is 0 Å². The molecular formula is C15H23NO. The highest BCUT2D eigenvalue weighted by atomic mass is 16.5. The summed E-state index contributed by atoms with van der Waals surface area (Å²) in [6.07, 6.45) is 2.27. The first-order chi connectivity index (χ1) is 8.12. The van der Waals surface area contributed by atoms with Crippen molar-refractivity contribution in [2.75, 3.05) is 33.9 Å². The van der Waals surface area contributed by atoms with E-state index in [1.54, 1.807) is 0 Å². The van der Waals surface area contributed by atoms with Crippen molar-refractivity contribution >= 4 is 0 Å². The standard InChI is InChI=1S/C15H23NO/c1-13-4-6-14(7-5-13)15(12-16(2)3)8-10-17-11-9-15/h4-7H,8-12H2,1-3H3. The Morgan fingerprint density at radius 1 is 1.12 bits per heavy atom. The van der Waals surface area contributed by atoms with Crippen LogP contribution in [0, 0.1) is 6.92 Å². The maximum atomic E-state index is 5.53. The zero-order valence-electron chi connectivity index (χ0n) is 11.2. The van der Waals surface area contributed by atoms with Crippen LogP contribution in [0.3, 0.4) is 0 Å². The zero-order valence-corrected chi connectivity index (χ0v) is 11.2. The van der Waals surface area contributed by atoms with Gasteiger partial charge in [-0.2, -0.15) is 0 Å². The summed E-state index contributed by atoms with van der Waals surface area (Å²) in [5.41, 5.74) is 3.09. The number of aryl methyl sites for hydroxylation is 1. The van der Waals surface area contributed by atoms with Gasteiger partial charge in [0.2, 0.25) is 0 Å². The third kappa shape index (κ3) is 2.88. The van der Waals surface area contributed by atoms with Crippen LogP contribution in [0.1, 0.15) is 24.0 Å². The van der Waals surface area contributed by atoms with Gasteiger partial charge in [-0.15, -0.1) is 0 Å². The summed E-state index contributed by atoms with van der Waals surface area (Å²) in [6.45, 7) is 5.04. The number of ether oxygens (including phenoxy) is 1. The first-order valence-electron chi connectivity index (χ1n) is 6.42. The molecule has 0 radical (unpaired) electrons. The quantitative estimate of drug-likeness (QED) is 0.795. The molecule has 1 aliphatic heterocycles. The molecule has 2 rings (SSSR count). The molecule has 17 heavy (non-hydrogen) atoms. The van der Waals surface area contributed by atoms with E-state index < -0.39 is 0 Å². The lowest BCUT2D eigenvalue weighted by Gasteiger charge is -2.39. The highest BCUT2D eigenvalue weighted by Gasteiger charge is 2.34. The molecule has 1 aromatic rings. The molecule has 0 unspecified atom stereocenters. The van der Waals surface area contributed by atoms with Crippen molar-refractivity contribution in [3.8, 4) is 0 Å². The highest BCUT2D eigenvalue weighted by molar-refractivity contribution is 5.29. The van der Waals surface area contributed by atoms with Gasteiger partial charge in [0.05, 0.1) is 0 Å². The predicted octanol–water partition coefficient (Wildman–Crippen LogP) is 2.60. The van der Waals surface area contributed by atoms with Crippen molar-refractivity contribution in [3.05, 3.63) is 35.4 Å². The molecule has 2 nitrogen and oxygen atoms in total. The Labute approximate surface area is 105 Å². The van der Waals surface area contributed by atoms with Crippen molar-refractivity contribution < 1.29 is 4.74 Å². The minimum atomic E-state index is 0.287. The van der Waals surface area contributed by atoms with Crippen LogP contribution in [-0.2, 0) is 10.2 Å². The van der Waals surface area contributed by atoms with E-state index >= 15 is 0 Å². The van der Waals surface area contributed by atoms with E-state index in [1.165, 1.54) is 11.1 Å². The smallest absolute Gasteiger partial charge is 0.0475 e. The first-order valence-corrected chi connectivity index (χ1v) is 6.42. The van der Waals surface area contributed by atoms with Crippen molar-refractivity contribution in [1.29, 1.82) is 0 Å². The fourth-order valence-corrected chi connectivity index (χ4v) is 2.81. The van der Waals surface area contributed by atoms with E-state index in [-0.39, 0.29) is 5.41 Å². The fraction of sp³-hybridized carbons (Fsp3) is 0.600. The second-order valence-corrected chi connectivity index (χ2v) is 5.50. The van der Waals surface area contributed by atoms with Gasteiger partial charge in [-0.3, -0.25) is 0 Å². The Kier molecular flexibility index (Phi) is 3.85. The average Bonchev–Trinajstić information content (AvgIpc) is 2.30. The van der Waals surface area contributed by atoms with Gasteiger partial charge >= 0.3 is 0 Å². The average molecular weight is 233 g/mol. The lowest BCUT2D eigenvalue weighted by atomic mass is 9.73. The largest absolute Gasteiger partial charge is 0.381 e. The maximum Gasteiger partial charge on any atom is 0.0475 e. The molecule has 0 aliphatic carbocycles. The lowest BCUT2D eigenvalue weighted by Crippen LogP contribution is -2.42. The highest BCUT2D eigenvalue weighted by Crippen LogP contribution is 2.35. The summed E-state index contributed by atoms with van der Waals surface area (Å²) >= 11 is 0. The second kappa shape index (κ2) is 5.19. The molecule has 2 heteroatoms. The van der Waals surface area contributed by atoms with Crippen LogP contribution >= 0.6 is 0 Å². The second-order valence-electron chi connectivity index (χ2n) is 5.50. The molecule has 0 bridgehead atoms. The van der Waals surface area contributed by atoms with Gasteiger partial charge in [-0.05, 0) is 39.4 Å². The van der Waals surface area contributed by atoms with Crippen LogP contribution < -0.4 is 0 Å². The van der Waals surface area contributed by atoms with Crippen LogP contribution in [0.4, 0.5) is 0 Å². The van der Waals surface area contributed by atoms with Crippen LogP contribution in [-0.4, -0.2) is 38.8 Å². The summed E-state index contributed by atoms with van der Waals surface area (Å²) < 4.78 is 5.53. The minimum absolute atomic E-state index is 0.287. The van der Waals surface area contributed by atoms with Gasteiger partial charge < -0.3 is 9.64 Å². The van der Waals surface area contributed by atoms with E-state index in [2.05, 4.69) is 50.2 Å². The number of hydrogen-bond donors (Lipinski definition) is 0. The van der Waals surface area contributed by atoms with E-state index in [0.717, 1.165) is 32.6 Å². The molecule has 1 heterocycles. The molecule has 0 spiro atoms. The molecule has 1 aliphatic rings. The number of nitrogens with zero attached hydrogens (tertiary/aromatic N) is 1. The molecule has 0 atom stereocenters. The van der Waals surface area contributed by atoms with Gasteiger partial charge in [0.1, 0.15) is 0 Å². The van der Waals surface area contributed by atoms with Crippen molar-refractivity contribution in [1.82, 2.24) is 4.90 Å². The minimum Gasteiger partial charge on any atom is -0.381 e. The maximum absolute atomic E-state index is 5.53. The van der Waals surface area contributed by atoms with Gasteiger partial charge in [0.15, 0.2) is 0 Å². The summed E-state index contributed by atoms with van der Waals surface area (Å²) in [6, 6.07) is 9.04. The Hall–Kier alpha value is -0.860. The number of hydrogen-bond acceptors (Lipinski definition) is 2. The molecule has 1 aromatic carbocycles. The molecule has 0 aromatic heterocycles. The van der Waals surface area contributed by atoms with Gasteiger partial charge in [-0.25, -0.2) is 0 Å². The van der Waals surface area contributed by atoms with E-state index in [1.807, 2.05) is 0 Å². The molecule has 94 valence electrons.